The summed E-state index contributed by atoms with van der Waals surface area (Å²) < 4.78 is 39.9. The predicted octanol–water partition coefficient (Wildman–Crippen LogP) is 3.56. The molecule has 1 aromatic heterocycles. The zero-order chi connectivity index (χ0) is 24.7. The van der Waals surface area contributed by atoms with E-state index in [4.69, 9.17) is 9.47 Å². The largest absolute Gasteiger partial charge is 0.497 e. The fraction of sp³-hybridized carbons (Fsp3) is 0.500. The van der Waals surface area contributed by atoms with Crippen molar-refractivity contribution >= 4 is 28.3 Å². The van der Waals surface area contributed by atoms with Gasteiger partial charge in [-0.25, -0.2) is 13.9 Å². The minimum atomic E-state index is -4.11. The first-order chi connectivity index (χ1) is 16.3. The minimum Gasteiger partial charge on any atom is -0.497 e. The zero-order valence-corrected chi connectivity index (χ0v) is 21.8. The van der Waals surface area contributed by atoms with E-state index in [-0.39, 0.29) is 42.0 Å². The van der Waals surface area contributed by atoms with Crippen LogP contribution >= 0.6 is 12.4 Å². The molecule has 1 aromatic carbocycles. The summed E-state index contributed by atoms with van der Waals surface area (Å²) in [6.07, 6.45) is 5.93. The highest BCUT2D eigenvalue weighted by molar-refractivity contribution is 7.89. The van der Waals surface area contributed by atoms with Gasteiger partial charge in [0, 0.05) is 18.9 Å². The Morgan fingerprint density at radius 1 is 1.11 bits per heavy atom. The van der Waals surface area contributed by atoms with E-state index in [0.29, 0.717) is 37.0 Å². The second-order valence-corrected chi connectivity index (χ2v) is 10.6. The maximum Gasteiger partial charge on any atom is 0.262 e. The molecule has 0 saturated heterocycles. The lowest BCUT2D eigenvalue weighted by molar-refractivity contribution is -0.136. The Bertz CT molecular complexity index is 1030. The predicted molar refractivity (Wildman–Crippen MR) is 133 cm³/mol. The second kappa shape index (κ2) is 13.2. The van der Waals surface area contributed by atoms with Crippen molar-refractivity contribution in [3.05, 3.63) is 54.4 Å². The number of rotatable bonds is 10. The summed E-state index contributed by atoms with van der Waals surface area (Å²) in [5.41, 5.74) is 2.39. The standard InChI is InChI=1S/C24H33N3O6S.ClH/c1-17(2)33-21-6-4-19(5-7-21)23(24(28)26-29)27(16-18-12-14-25-15-13-18)34(30,31)22-10-8-20(32-3)9-11-22;/h8-15,17,19,21,23,29H,4-7,16H2,1-3H3,(H,26,28);1H. The molecule has 1 atom stereocenters. The molecule has 9 nitrogen and oxygen atoms in total. The molecule has 194 valence electrons. The number of hydrogen-bond acceptors (Lipinski definition) is 7. The van der Waals surface area contributed by atoms with E-state index in [9.17, 15) is 18.4 Å². The summed E-state index contributed by atoms with van der Waals surface area (Å²) in [5.74, 6) is -0.513. The van der Waals surface area contributed by atoms with Crippen LogP contribution in [0.1, 0.15) is 45.1 Å². The van der Waals surface area contributed by atoms with Gasteiger partial charge in [-0.1, -0.05) is 0 Å². The molecule has 1 amide bonds. The number of sulfonamides is 1. The van der Waals surface area contributed by atoms with Gasteiger partial charge in [0.15, 0.2) is 0 Å². The van der Waals surface area contributed by atoms with Crippen LogP contribution < -0.4 is 10.2 Å². The van der Waals surface area contributed by atoms with Gasteiger partial charge in [0.2, 0.25) is 10.0 Å². The van der Waals surface area contributed by atoms with Crippen LogP contribution in [0, 0.1) is 5.92 Å². The number of carbonyl (C=O) groups excluding carboxylic acids is 1. The van der Waals surface area contributed by atoms with Gasteiger partial charge in [-0.05, 0) is 87.4 Å². The van der Waals surface area contributed by atoms with E-state index < -0.39 is 22.0 Å². The van der Waals surface area contributed by atoms with Crippen molar-refractivity contribution in [2.45, 2.75) is 69.2 Å². The minimum absolute atomic E-state index is 0. The topological polar surface area (TPSA) is 118 Å². The van der Waals surface area contributed by atoms with Gasteiger partial charge in [0.05, 0.1) is 24.2 Å². The Kier molecular flexibility index (Phi) is 10.9. The summed E-state index contributed by atoms with van der Waals surface area (Å²) in [5, 5.41) is 9.55. The molecule has 2 N–H and O–H groups in total. The molecule has 1 heterocycles. The van der Waals surface area contributed by atoms with E-state index >= 15 is 0 Å². The maximum atomic E-state index is 13.8. The lowest BCUT2D eigenvalue weighted by Gasteiger charge is -2.38. The Labute approximate surface area is 213 Å². The van der Waals surface area contributed by atoms with Crippen LogP contribution in [0.2, 0.25) is 0 Å². The SMILES string of the molecule is COc1ccc(S(=O)(=O)N(Cc2ccncc2)C(C(=O)NO)C2CCC(OC(C)C)CC2)cc1.Cl. The van der Waals surface area contributed by atoms with Gasteiger partial charge in [-0.15, -0.1) is 12.4 Å². The number of halogens is 1. The number of ether oxygens (including phenoxy) is 2. The van der Waals surface area contributed by atoms with E-state index in [1.54, 1.807) is 42.1 Å². The maximum absolute atomic E-state index is 13.8. The average molecular weight is 528 g/mol. The van der Waals surface area contributed by atoms with Crippen molar-refractivity contribution in [2.24, 2.45) is 5.92 Å². The van der Waals surface area contributed by atoms with Crippen molar-refractivity contribution in [2.75, 3.05) is 7.11 Å². The van der Waals surface area contributed by atoms with Crippen LogP contribution in [0.5, 0.6) is 5.75 Å². The number of methoxy groups -OCH3 is 1. The smallest absolute Gasteiger partial charge is 0.262 e. The van der Waals surface area contributed by atoms with Crippen LogP contribution in [0.15, 0.2) is 53.7 Å². The summed E-state index contributed by atoms with van der Waals surface area (Å²) in [4.78, 5) is 17.0. The van der Waals surface area contributed by atoms with Crippen LogP contribution in [0.4, 0.5) is 0 Å². The van der Waals surface area contributed by atoms with Gasteiger partial charge in [-0.3, -0.25) is 15.0 Å². The fourth-order valence-corrected chi connectivity index (χ4v) is 6.09. The van der Waals surface area contributed by atoms with Gasteiger partial charge in [-0.2, -0.15) is 4.31 Å². The number of amides is 1. The fourth-order valence-electron chi connectivity index (χ4n) is 4.46. The third kappa shape index (κ3) is 7.37. The molecule has 1 fully saturated rings. The molecular formula is C24H34ClN3O6S. The van der Waals surface area contributed by atoms with Crippen molar-refractivity contribution in [3.8, 4) is 5.75 Å². The van der Waals surface area contributed by atoms with Crippen LogP contribution in [0.25, 0.3) is 0 Å². The first-order valence-electron chi connectivity index (χ1n) is 11.4. The average Bonchev–Trinajstić information content (AvgIpc) is 2.84. The lowest BCUT2D eigenvalue weighted by atomic mass is 9.82. The number of hydrogen-bond donors (Lipinski definition) is 2. The third-order valence-corrected chi connectivity index (χ3v) is 7.91. The first-order valence-corrected chi connectivity index (χ1v) is 12.8. The number of nitrogens with zero attached hydrogens (tertiary/aromatic N) is 2. The monoisotopic (exact) mass is 527 g/mol. The molecule has 35 heavy (non-hydrogen) atoms. The molecule has 0 aliphatic heterocycles. The molecule has 0 radical (unpaired) electrons. The molecule has 2 aromatic rings. The summed E-state index contributed by atoms with van der Waals surface area (Å²) in [6, 6.07) is 8.35. The third-order valence-electron chi connectivity index (χ3n) is 6.07. The van der Waals surface area contributed by atoms with Crippen molar-refractivity contribution in [3.63, 3.8) is 0 Å². The van der Waals surface area contributed by atoms with Gasteiger partial charge < -0.3 is 9.47 Å². The molecule has 1 saturated carbocycles. The molecule has 1 unspecified atom stereocenters. The van der Waals surface area contributed by atoms with E-state index in [2.05, 4.69) is 4.98 Å². The number of aromatic nitrogens is 1. The lowest BCUT2D eigenvalue weighted by Crippen LogP contribution is -2.53. The van der Waals surface area contributed by atoms with Crippen molar-refractivity contribution in [1.82, 2.24) is 14.8 Å². The molecule has 1 aliphatic rings. The summed E-state index contributed by atoms with van der Waals surface area (Å²) in [7, 11) is -2.61. The Morgan fingerprint density at radius 2 is 1.71 bits per heavy atom. The number of benzene rings is 1. The molecular weight excluding hydrogens is 494 g/mol. The highest BCUT2D eigenvalue weighted by Crippen LogP contribution is 2.35. The second-order valence-electron chi connectivity index (χ2n) is 8.72. The number of pyridine rings is 1. The van der Waals surface area contributed by atoms with Crippen molar-refractivity contribution in [1.29, 1.82) is 0 Å². The number of hydroxylamine groups is 1. The van der Waals surface area contributed by atoms with Crippen LogP contribution in [0.3, 0.4) is 0 Å². The molecule has 0 bridgehead atoms. The number of carbonyl (C=O) groups is 1. The zero-order valence-electron chi connectivity index (χ0n) is 20.2. The number of nitrogens with one attached hydrogen (secondary N) is 1. The molecule has 0 spiro atoms. The Hall–Kier alpha value is -2.24. The Morgan fingerprint density at radius 3 is 2.23 bits per heavy atom. The van der Waals surface area contributed by atoms with Gasteiger partial charge >= 0.3 is 0 Å². The van der Waals surface area contributed by atoms with Gasteiger partial charge in [0.25, 0.3) is 5.91 Å². The van der Waals surface area contributed by atoms with E-state index in [1.807, 2.05) is 13.8 Å². The van der Waals surface area contributed by atoms with Gasteiger partial charge in [0.1, 0.15) is 11.8 Å². The highest BCUT2D eigenvalue weighted by Gasteiger charge is 2.42. The normalized spacial score (nSPS) is 19.1. The summed E-state index contributed by atoms with van der Waals surface area (Å²) >= 11 is 0. The molecule has 11 heteroatoms. The highest BCUT2D eigenvalue weighted by atomic mass is 35.5. The molecule has 3 rings (SSSR count). The van der Waals surface area contributed by atoms with Crippen molar-refractivity contribution < 1.29 is 27.9 Å². The molecule has 1 aliphatic carbocycles. The Balaban J connectivity index is 0.00000432. The van der Waals surface area contributed by atoms with E-state index in [1.165, 1.54) is 23.5 Å². The van der Waals surface area contributed by atoms with E-state index in [0.717, 1.165) is 0 Å². The van der Waals surface area contributed by atoms with Crippen LogP contribution in [-0.4, -0.2) is 54.2 Å². The quantitative estimate of drug-likeness (QED) is 0.358. The summed E-state index contributed by atoms with van der Waals surface area (Å²) in [6.45, 7) is 3.91. The first kappa shape index (κ1) is 29.0. The van der Waals surface area contributed by atoms with Crippen LogP contribution in [-0.2, 0) is 26.1 Å².